The number of anilines is 2. The predicted molar refractivity (Wildman–Crippen MR) is 166 cm³/mol. The molecule has 0 saturated heterocycles. The molecule has 9 heteroatoms. The van der Waals surface area contributed by atoms with Crippen molar-refractivity contribution in [2.45, 2.75) is 32.0 Å². The number of carbonyl (C=O) groups is 1. The summed E-state index contributed by atoms with van der Waals surface area (Å²) in [5.74, 6) is -0.181. The summed E-state index contributed by atoms with van der Waals surface area (Å²) in [7, 11) is 0. The Bertz CT molecular complexity index is 1650. The smallest absolute Gasteiger partial charge is 0.426 e. The van der Waals surface area contributed by atoms with Crippen LogP contribution in [0.2, 0.25) is 0 Å². The molecule has 0 amide bonds. The van der Waals surface area contributed by atoms with Gasteiger partial charge in [0.05, 0.1) is 18.2 Å². The van der Waals surface area contributed by atoms with E-state index in [-0.39, 0.29) is 17.9 Å². The van der Waals surface area contributed by atoms with Gasteiger partial charge in [0.2, 0.25) is 0 Å². The van der Waals surface area contributed by atoms with Crippen molar-refractivity contribution in [2.24, 2.45) is 0 Å². The number of benzene rings is 4. The van der Waals surface area contributed by atoms with E-state index in [1.807, 2.05) is 12.1 Å². The molecule has 7 nitrogen and oxygen atoms in total. The summed E-state index contributed by atoms with van der Waals surface area (Å²) in [4.78, 5) is 12.5. The summed E-state index contributed by atoms with van der Waals surface area (Å²) < 4.78 is 45.4. The van der Waals surface area contributed by atoms with Gasteiger partial charge in [-0.05, 0) is 114 Å². The third-order valence-electron chi connectivity index (χ3n) is 6.60. The second-order valence-corrected chi connectivity index (χ2v) is 9.95. The van der Waals surface area contributed by atoms with E-state index in [4.69, 9.17) is 30.9 Å². The third-order valence-corrected chi connectivity index (χ3v) is 6.60. The van der Waals surface area contributed by atoms with Gasteiger partial charge < -0.3 is 25.7 Å². The van der Waals surface area contributed by atoms with Crippen LogP contribution in [-0.4, -0.2) is 12.6 Å². The van der Waals surface area contributed by atoms with Crippen molar-refractivity contribution in [3.8, 4) is 28.7 Å². The van der Waals surface area contributed by atoms with Gasteiger partial charge in [0.25, 0.3) is 0 Å². The van der Waals surface area contributed by atoms with Crippen molar-refractivity contribution < 1.29 is 27.8 Å². The van der Waals surface area contributed by atoms with Crippen LogP contribution in [0.5, 0.6) is 11.5 Å². The van der Waals surface area contributed by atoms with Gasteiger partial charge >= 0.3 is 12.1 Å². The number of rotatable bonds is 13. The number of carbonyl (C=O) groups excluding carboxylic acids is 1. The quantitative estimate of drug-likeness (QED) is 0.0704. The van der Waals surface area contributed by atoms with Gasteiger partial charge in [-0.25, -0.2) is 4.79 Å². The minimum absolute atomic E-state index is 0.0231. The topological polar surface area (TPSA) is 121 Å². The number of nitrogens with zero attached hydrogens (tertiary/aromatic N) is 1. The Morgan fingerprint density at radius 1 is 0.886 bits per heavy atom. The summed E-state index contributed by atoms with van der Waals surface area (Å²) in [6.45, 7) is 4.42. The average Bonchev–Trinajstić information content (AvgIpc) is 3.00. The van der Waals surface area contributed by atoms with Crippen LogP contribution in [0.3, 0.4) is 0 Å². The molecular formula is C35H32F2N3O4. The highest BCUT2D eigenvalue weighted by Gasteiger charge is 2.34. The van der Waals surface area contributed by atoms with Crippen LogP contribution in [0, 0.1) is 18.3 Å². The highest BCUT2D eigenvalue weighted by molar-refractivity contribution is 5.87. The normalized spacial score (nSPS) is 11.2. The Labute approximate surface area is 255 Å². The summed E-state index contributed by atoms with van der Waals surface area (Å²) in [5.41, 5.74) is 16.3. The summed E-state index contributed by atoms with van der Waals surface area (Å²) >= 11 is 0. The molecule has 0 aromatic heterocycles. The molecule has 0 aliphatic heterocycles. The van der Waals surface area contributed by atoms with Crippen LogP contribution >= 0.6 is 0 Å². The molecule has 225 valence electrons. The Balaban J connectivity index is 1.31. The highest BCUT2D eigenvalue weighted by atomic mass is 19.3. The molecule has 0 aliphatic carbocycles. The van der Waals surface area contributed by atoms with E-state index in [0.717, 1.165) is 16.7 Å². The fourth-order valence-electron chi connectivity index (χ4n) is 4.33. The van der Waals surface area contributed by atoms with Crippen molar-refractivity contribution >= 4 is 23.4 Å². The monoisotopic (exact) mass is 596 g/mol. The largest absolute Gasteiger partial charge is 0.494 e. The van der Waals surface area contributed by atoms with Gasteiger partial charge in [-0.1, -0.05) is 24.3 Å². The number of halogens is 2. The molecule has 1 radical (unpaired) electrons. The molecule has 0 bridgehead atoms. The SMILES string of the molecule is [CH2]c1cc(N)ccc1-c1ccc(N)cc1COC(=O)/C=C/c1ccc(OC(F)(F)c2ccc(OCCCCC#N)cc2)cc1. The second-order valence-electron chi connectivity index (χ2n) is 9.95. The zero-order valence-electron chi connectivity index (χ0n) is 24.0. The van der Waals surface area contributed by atoms with Crippen LogP contribution in [-0.2, 0) is 22.2 Å². The number of esters is 1. The molecule has 4 rings (SSSR count). The fraction of sp³-hybridized carbons (Fsp3) is 0.171. The first-order chi connectivity index (χ1) is 21.1. The number of nitriles is 1. The molecule has 0 spiro atoms. The molecule has 44 heavy (non-hydrogen) atoms. The van der Waals surface area contributed by atoms with Gasteiger partial charge in [0, 0.05) is 23.9 Å². The van der Waals surface area contributed by atoms with Gasteiger partial charge in [-0.15, -0.1) is 0 Å². The van der Waals surface area contributed by atoms with Gasteiger partial charge in [0.15, 0.2) is 0 Å². The van der Waals surface area contributed by atoms with Gasteiger partial charge in [-0.2, -0.15) is 14.0 Å². The molecule has 0 fully saturated rings. The summed E-state index contributed by atoms with van der Waals surface area (Å²) in [6.07, 6.45) is 1.05. The Kier molecular flexibility index (Phi) is 10.5. The van der Waals surface area contributed by atoms with Crippen LogP contribution < -0.4 is 20.9 Å². The van der Waals surface area contributed by atoms with Crippen LogP contribution in [0.15, 0.2) is 91.0 Å². The van der Waals surface area contributed by atoms with E-state index < -0.39 is 12.1 Å². The van der Waals surface area contributed by atoms with Crippen LogP contribution in [0.1, 0.15) is 41.5 Å². The molecule has 0 unspecified atom stereocenters. The fourth-order valence-corrected chi connectivity index (χ4v) is 4.33. The number of nitrogen functional groups attached to an aromatic ring is 2. The Morgan fingerprint density at radius 3 is 2.23 bits per heavy atom. The first-order valence-electron chi connectivity index (χ1n) is 13.9. The van der Waals surface area contributed by atoms with Crippen molar-refractivity contribution in [3.63, 3.8) is 0 Å². The first kappa shape index (κ1) is 31.6. The first-order valence-corrected chi connectivity index (χ1v) is 13.9. The number of hydrogen-bond donors (Lipinski definition) is 2. The molecular weight excluding hydrogens is 564 g/mol. The Hall–Kier alpha value is -5.36. The maximum atomic E-state index is 14.8. The predicted octanol–water partition coefficient (Wildman–Crippen LogP) is 7.66. The minimum atomic E-state index is -3.58. The van der Waals surface area contributed by atoms with E-state index in [9.17, 15) is 13.6 Å². The molecule has 0 saturated carbocycles. The van der Waals surface area contributed by atoms with Crippen LogP contribution in [0.25, 0.3) is 17.2 Å². The van der Waals surface area contributed by atoms with E-state index in [2.05, 4.69) is 13.0 Å². The zero-order valence-corrected chi connectivity index (χ0v) is 24.0. The summed E-state index contributed by atoms with van der Waals surface area (Å²) in [5, 5.41) is 8.56. The Morgan fingerprint density at radius 2 is 1.55 bits per heavy atom. The lowest BCUT2D eigenvalue weighted by molar-refractivity contribution is -0.185. The minimum Gasteiger partial charge on any atom is -0.494 e. The molecule has 4 aromatic carbocycles. The van der Waals surface area contributed by atoms with E-state index in [0.29, 0.717) is 54.1 Å². The summed E-state index contributed by atoms with van der Waals surface area (Å²) in [6, 6.07) is 24.0. The second kappa shape index (κ2) is 14.7. The number of ether oxygens (including phenoxy) is 3. The maximum absolute atomic E-state index is 14.8. The van der Waals surface area contributed by atoms with Gasteiger partial charge in [-0.3, -0.25) is 0 Å². The number of unbranched alkanes of at least 4 members (excludes halogenated alkanes) is 2. The molecule has 0 heterocycles. The van der Waals surface area contributed by atoms with Gasteiger partial charge in [0.1, 0.15) is 18.1 Å². The number of hydrogen-bond acceptors (Lipinski definition) is 7. The van der Waals surface area contributed by atoms with E-state index >= 15 is 0 Å². The van der Waals surface area contributed by atoms with E-state index in [1.54, 1.807) is 36.4 Å². The van der Waals surface area contributed by atoms with E-state index in [1.165, 1.54) is 48.6 Å². The molecule has 4 aromatic rings. The van der Waals surface area contributed by atoms with Crippen molar-refractivity contribution in [1.29, 1.82) is 5.26 Å². The number of nitrogens with two attached hydrogens (primary N) is 2. The van der Waals surface area contributed by atoms with Crippen molar-refractivity contribution in [2.75, 3.05) is 18.1 Å². The standard InChI is InChI=1S/C35H32F2N3O4/c1-24-21-28(39)10-16-32(24)33-17-11-29(40)22-26(33)23-43-34(41)18-7-25-5-12-31(13-6-25)44-35(36,37)27-8-14-30(15-9-27)42-20-4-2-3-19-38/h5-18,21-22H,1-4,20,23,39-40H2/b18-7+. The molecule has 0 aliphatic rings. The lowest BCUT2D eigenvalue weighted by Gasteiger charge is -2.18. The number of alkyl halides is 2. The zero-order chi connectivity index (χ0) is 31.5. The van der Waals surface area contributed by atoms with Crippen molar-refractivity contribution in [3.05, 3.63) is 120 Å². The third kappa shape index (κ3) is 8.82. The lowest BCUT2D eigenvalue weighted by atomic mass is 9.95. The van der Waals surface area contributed by atoms with Crippen molar-refractivity contribution in [1.82, 2.24) is 0 Å². The molecule has 4 N–H and O–H groups in total. The highest BCUT2D eigenvalue weighted by Crippen LogP contribution is 2.33. The van der Waals surface area contributed by atoms with Crippen LogP contribution in [0.4, 0.5) is 20.2 Å². The average molecular weight is 597 g/mol. The lowest BCUT2D eigenvalue weighted by Crippen LogP contribution is -2.21. The maximum Gasteiger partial charge on any atom is 0.426 e. The molecule has 0 atom stereocenters.